The van der Waals surface area contributed by atoms with E-state index in [0.29, 0.717) is 42.4 Å². The fourth-order valence-corrected chi connectivity index (χ4v) is 9.17. The van der Waals surface area contributed by atoms with E-state index in [2.05, 4.69) is 53.7 Å². The molecule has 12 atom stereocenters. The summed E-state index contributed by atoms with van der Waals surface area (Å²) in [5, 5.41) is 34.0. The quantitative estimate of drug-likeness (QED) is 0.368. The lowest BCUT2D eigenvalue weighted by Crippen LogP contribution is -2.73. The Labute approximate surface area is 212 Å². The Morgan fingerprint density at radius 2 is 1.66 bits per heavy atom. The molecule has 4 fully saturated rings. The molecule has 4 saturated carbocycles. The smallest absolute Gasteiger partial charge is 0.303 e. The normalized spacial score (nSPS) is 49.3. The van der Waals surface area contributed by atoms with Crippen LogP contribution in [-0.2, 0) is 9.53 Å². The van der Waals surface area contributed by atoms with Crippen molar-refractivity contribution in [3.05, 3.63) is 12.2 Å². The summed E-state index contributed by atoms with van der Waals surface area (Å²) in [6.45, 7) is 15.1. The molecular weight excluding hydrogens is 440 g/mol. The van der Waals surface area contributed by atoms with E-state index >= 15 is 0 Å². The van der Waals surface area contributed by atoms with Gasteiger partial charge in [0.15, 0.2) is 0 Å². The first-order valence-electron chi connectivity index (χ1n) is 14.2. The van der Waals surface area contributed by atoms with Crippen molar-refractivity contribution in [1.82, 2.24) is 0 Å². The van der Waals surface area contributed by atoms with Gasteiger partial charge in [-0.1, -0.05) is 53.7 Å². The number of aliphatic hydroxyl groups is 3. The predicted molar refractivity (Wildman–Crippen MR) is 137 cm³/mol. The van der Waals surface area contributed by atoms with Crippen LogP contribution in [0.2, 0.25) is 0 Å². The van der Waals surface area contributed by atoms with Crippen molar-refractivity contribution in [1.29, 1.82) is 0 Å². The van der Waals surface area contributed by atoms with Crippen LogP contribution < -0.4 is 0 Å². The van der Waals surface area contributed by atoms with Gasteiger partial charge in [-0.2, -0.15) is 0 Å². The number of hydrogen-bond acceptors (Lipinski definition) is 5. The van der Waals surface area contributed by atoms with Gasteiger partial charge < -0.3 is 20.1 Å². The van der Waals surface area contributed by atoms with Gasteiger partial charge in [-0.25, -0.2) is 0 Å². The standard InChI is InChI=1S/C30H50O5/c1-17(2)18(3)8-9-19(4)22-10-11-23-25-24(13-14-28(22,23)6)29(7)15-12-21(32)16-30(29,34)27(33)26(25)35-20(5)31/h8-9,17-19,21-27,32-34H,10-16H2,1-7H3/b9-8+/t18-,19+,21-,22+,23?,24?,25-,26+,27+,28+,29+,30-/m0/s1. The van der Waals surface area contributed by atoms with Crippen LogP contribution in [0.15, 0.2) is 12.2 Å². The third-order valence-electron chi connectivity index (χ3n) is 11.6. The highest BCUT2D eigenvalue weighted by molar-refractivity contribution is 5.66. The molecule has 0 aliphatic heterocycles. The van der Waals surface area contributed by atoms with Gasteiger partial charge in [-0.3, -0.25) is 4.79 Å². The SMILES string of the molecule is CC(=O)O[C@@H]1[C@H]2C3CC[C@H]([C@H](C)/C=C/[C@H](C)C(C)C)[C@@]3(C)CCC2[C@@]2(C)CC[C@H](O)C[C@]2(O)[C@@H]1O. The van der Waals surface area contributed by atoms with Gasteiger partial charge in [0, 0.05) is 24.7 Å². The average molecular weight is 491 g/mol. The fraction of sp³-hybridized carbons (Fsp3) is 0.900. The molecule has 2 unspecified atom stereocenters. The third kappa shape index (κ3) is 4.22. The van der Waals surface area contributed by atoms with Crippen LogP contribution in [0.4, 0.5) is 0 Å². The summed E-state index contributed by atoms with van der Waals surface area (Å²) in [6.07, 6.45) is 8.03. The molecule has 0 bridgehead atoms. The van der Waals surface area contributed by atoms with Crippen molar-refractivity contribution < 1.29 is 24.9 Å². The number of allylic oxidation sites excluding steroid dienone is 2. The Balaban J connectivity index is 1.68. The first-order valence-corrected chi connectivity index (χ1v) is 14.2. The minimum absolute atomic E-state index is 0.0314. The van der Waals surface area contributed by atoms with Crippen LogP contribution in [0.3, 0.4) is 0 Å². The number of carbonyl (C=O) groups excluding carboxylic acids is 1. The van der Waals surface area contributed by atoms with Crippen LogP contribution in [0.1, 0.15) is 93.4 Å². The monoisotopic (exact) mass is 490 g/mol. The highest BCUT2D eigenvalue weighted by Gasteiger charge is 2.71. The first-order chi connectivity index (χ1) is 16.3. The topological polar surface area (TPSA) is 87.0 Å². The molecular formula is C30H50O5. The molecule has 5 nitrogen and oxygen atoms in total. The maximum absolute atomic E-state index is 12.2. The third-order valence-corrected chi connectivity index (χ3v) is 11.6. The van der Waals surface area contributed by atoms with E-state index < -0.39 is 35.3 Å². The summed E-state index contributed by atoms with van der Waals surface area (Å²) in [5.41, 5.74) is -1.82. The van der Waals surface area contributed by atoms with E-state index in [1.54, 1.807) is 0 Å². The van der Waals surface area contributed by atoms with Crippen molar-refractivity contribution in [2.24, 2.45) is 52.3 Å². The summed E-state index contributed by atoms with van der Waals surface area (Å²) < 4.78 is 5.88. The zero-order valence-electron chi connectivity index (χ0n) is 23.0. The number of ether oxygens (including phenoxy) is 1. The largest absolute Gasteiger partial charge is 0.459 e. The summed E-state index contributed by atoms with van der Waals surface area (Å²) in [5.74, 6) is 2.35. The molecule has 4 rings (SSSR count). The second-order valence-corrected chi connectivity index (χ2v) is 13.6. The molecule has 200 valence electrons. The molecule has 0 radical (unpaired) electrons. The minimum atomic E-state index is -1.44. The highest BCUT2D eigenvalue weighted by atomic mass is 16.6. The molecule has 0 aromatic rings. The van der Waals surface area contributed by atoms with Gasteiger partial charge in [0.25, 0.3) is 0 Å². The summed E-state index contributed by atoms with van der Waals surface area (Å²) >= 11 is 0. The second kappa shape index (κ2) is 9.44. The lowest BCUT2D eigenvalue weighted by atomic mass is 9.41. The highest BCUT2D eigenvalue weighted by Crippen LogP contribution is 2.69. The maximum atomic E-state index is 12.2. The molecule has 0 heterocycles. The Hall–Kier alpha value is -0.910. The Bertz CT molecular complexity index is 824. The number of esters is 1. The molecule has 0 saturated heterocycles. The average Bonchev–Trinajstić information content (AvgIpc) is 3.13. The predicted octanol–water partition coefficient (Wildman–Crippen LogP) is 5.12. The second-order valence-electron chi connectivity index (χ2n) is 13.6. The van der Waals surface area contributed by atoms with Crippen molar-refractivity contribution in [2.75, 3.05) is 0 Å². The number of carbonyl (C=O) groups is 1. The summed E-state index contributed by atoms with van der Waals surface area (Å²) in [6, 6.07) is 0. The van der Waals surface area contributed by atoms with Crippen molar-refractivity contribution in [2.45, 2.75) is 117 Å². The molecule has 3 N–H and O–H groups in total. The van der Waals surface area contributed by atoms with Gasteiger partial charge in [-0.15, -0.1) is 0 Å². The number of hydrogen-bond donors (Lipinski definition) is 3. The van der Waals surface area contributed by atoms with Gasteiger partial charge in [0.2, 0.25) is 0 Å². The van der Waals surface area contributed by atoms with Gasteiger partial charge in [0.1, 0.15) is 17.8 Å². The zero-order valence-corrected chi connectivity index (χ0v) is 23.0. The number of aliphatic hydroxyl groups excluding tert-OH is 2. The molecule has 4 aliphatic carbocycles. The molecule has 35 heavy (non-hydrogen) atoms. The van der Waals surface area contributed by atoms with Gasteiger partial charge in [0.05, 0.1) is 6.10 Å². The summed E-state index contributed by atoms with van der Waals surface area (Å²) in [4.78, 5) is 12.2. The Morgan fingerprint density at radius 1 is 0.971 bits per heavy atom. The number of fused-ring (bicyclic) bond motifs is 5. The molecule has 0 aromatic heterocycles. The van der Waals surface area contributed by atoms with E-state index in [9.17, 15) is 20.1 Å². The molecule has 0 amide bonds. The lowest BCUT2D eigenvalue weighted by Gasteiger charge is -2.66. The molecule has 5 heteroatoms. The van der Waals surface area contributed by atoms with Crippen LogP contribution in [-0.4, -0.2) is 45.2 Å². The van der Waals surface area contributed by atoms with E-state index in [4.69, 9.17) is 4.74 Å². The van der Waals surface area contributed by atoms with E-state index in [0.717, 1.165) is 25.7 Å². The first kappa shape index (κ1) is 27.1. The zero-order chi connectivity index (χ0) is 25.9. The van der Waals surface area contributed by atoms with E-state index in [-0.39, 0.29) is 23.7 Å². The van der Waals surface area contributed by atoms with Crippen LogP contribution in [0.25, 0.3) is 0 Å². The Morgan fingerprint density at radius 3 is 2.29 bits per heavy atom. The lowest BCUT2D eigenvalue weighted by molar-refractivity contribution is -0.299. The van der Waals surface area contributed by atoms with Crippen molar-refractivity contribution in [3.8, 4) is 0 Å². The maximum Gasteiger partial charge on any atom is 0.303 e. The van der Waals surface area contributed by atoms with E-state index in [1.165, 1.54) is 6.92 Å². The molecule has 0 spiro atoms. The van der Waals surface area contributed by atoms with Crippen LogP contribution in [0, 0.1) is 52.3 Å². The summed E-state index contributed by atoms with van der Waals surface area (Å²) in [7, 11) is 0. The van der Waals surface area contributed by atoms with Crippen LogP contribution in [0.5, 0.6) is 0 Å². The van der Waals surface area contributed by atoms with Crippen molar-refractivity contribution >= 4 is 5.97 Å². The Kier molecular flexibility index (Phi) is 7.32. The van der Waals surface area contributed by atoms with E-state index in [1.807, 2.05) is 0 Å². The fourth-order valence-electron chi connectivity index (χ4n) is 9.17. The molecule has 0 aromatic carbocycles. The van der Waals surface area contributed by atoms with Gasteiger partial charge >= 0.3 is 5.97 Å². The molecule has 4 aliphatic rings. The van der Waals surface area contributed by atoms with Gasteiger partial charge in [-0.05, 0) is 79.4 Å². The minimum Gasteiger partial charge on any atom is -0.459 e. The number of rotatable bonds is 5. The van der Waals surface area contributed by atoms with Crippen molar-refractivity contribution in [3.63, 3.8) is 0 Å². The van der Waals surface area contributed by atoms with Crippen LogP contribution >= 0.6 is 0 Å².